The summed E-state index contributed by atoms with van der Waals surface area (Å²) in [7, 11) is 1.74. The molecule has 0 saturated carbocycles. The maximum atomic E-state index is 8.74. The number of aryl methyl sites for hydroxylation is 2. The predicted octanol–water partition coefficient (Wildman–Crippen LogP) is 1.03. The zero-order valence-electron chi connectivity index (χ0n) is 7.41. The van der Waals surface area contributed by atoms with Gasteiger partial charge in [0, 0.05) is 7.05 Å². The number of hydrogen-bond donors (Lipinski definition) is 0. The van der Waals surface area contributed by atoms with E-state index in [1.807, 2.05) is 0 Å². The van der Waals surface area contributed by atoms with E-state index in [1.54, 1.807) is 7.05 Å². The van der Waals surface area contributed by atoms with Crippen LogP contribution in [0, 0.1) is 11.3 Å². The number of unbranched alkanes of at least 4 members (excludes halogenated alkanes) is 1. The van der Waals surface area contributed by atoms with Crippen LogP contribution in [0.3, 0.4) is 0 Å². The minimum Gasteiger partial charge on any atom is -0.237 e. The first kappa shape index (κ1) is 8.72. The molecule has 4 nitrogen and oxygen atoms in total. The Bertz CT molecular complexity index is 294. The topological polar surface area (TPSA) is 54.5 Å². The predicted molar refractivity (Wildman–Crippen MR) is 44.3 cm³/mol. The first-order valence-electron chi connectivity index (χ1n) is 4.08. The van der Waals surface area contributed by atoms with E-state index in [4.69, 9.17) is 5.26 Å². The van der Waals surface area contributed by atoms with Crippen molar-refractivity contribution in [2.24, 2.45) is 7.05 Å². The summed E-state index contributed by atoms with van der Waals surface area (Å²) in [6, 6.07) is 2.09. The molecule has 0 aliphatic heterocycles. The highest BCUT2D eigenvalue weighted by Gasteiger charge is 2.07. The van der Waals surface area contributed by atoms with Gasteiger partial charge in [-0.2, -0.15) is 5.26 Å². The standard InChI is InChI=1S/C8H12N4/c1-3-4-5-7-8(6-9)12(2)11-10-7/h3-5H2,1-2H3. The molecule has 0 amide bonds. The molecular weight excluding hydrogens is 152 g/mol. The molecule has 1 rings (SSSR count). The second-order valence-corrected chi connectivity index (χ2v) is 2.72. The van der Waals surface area contributed by atoms with Crippen molar-refractivity contribution >= 4 is 0 Å². The normalized spacial score (nSPS) is 9.75. The maximum absolute atomic E-state index is 8.74. The summed E-state index contributed by atoms with van der Waals surface area (Å²) in [6.45, 7) is 2.11. The lowest BCUT2D eigenvalue weighted by atomic mass is 10.2. The van der Waals surface area contributed by atoms with Crippen LogP contribution in [-0.2, 0) is 13.5 Å². The van der Waals surface area contributed by atoms with Crippen LogP contribution in [0.5, 0.6) is 0 Å². The van der Waals surface area contributed by atoms with Crippen molar-refractivity contribution in [1.82, 2.24) is 15.0 Å². The van der Waals surface area contributed by atoms with Crippen molar-refractivity contribution in [2.75, 3.05) is 0 Å². The van der Waals surface area contributed by atoms with E-state index in [0.29, 0.717) is 5.69 Å². The molecule has 0 unspecified atom stereocenters. The molecule has 0 aromatic carbocycles. The van der Waals surface area contributed by atoms with E-state index < -0.39 is 0 Å². The molecule has 1 heterocycles. The molecule has 0 atom stereocenters. The summed E-state index contributed by atoms with van der Waals surface area (Å²) >= 11 is 0. The SMILES string of the molecule is CCCCc1nnn(C)c1C#N. The lowest BCUT2D eigenvalue weighted by molar-refractivity contribution is 0.704. The van der Waals surface area contributed by atoms with Gasteiger partial charge in [-0.15, -0.1) is 5.10 Å². The lowest BCUT2D eigenvalue weighted by Gasteiger charge is -1.93. The van der Waals surface area contributed by atoms with Gasteiger partial charge in [-0.05, 0) is 12.8 Å². The average Bonchev–Trinajstić information content (AvgIpc) is 2.43. The van der Waals surface area contributed by atoms with Gasteiger partial charge in [0.2, 0.25) is 0 Å². The van der Waals surface area contributed by atoms with Crippen LogP contribution < -0.4 is 0 Å². The number of hydrogen-bond acceptors (Lipinski definition) is 3. The van der Waals surface area contributed by atoms with Crippen molar-refractivity contribution in [3.63, 3.8) is 0 Å². The summed E-state index contributed by atoms with van der Waals surface area (Å²) in [4.78, 5) is 0. The molecule has 1 aromatic rings. The Morgan fingerprint density at radius 3 is 2.92 bits per heavy atom. The molecule has 0 fully saturated rings. The molecule has 64 valence electrons. The Morgan fingerprint density at radius 1 is 1.58 bits per heavy atom. The van der Waals surface area contributed by atoms with Crippen molar-refractivity contribution in [3.8, 4) is 6.07 Å². The first-order valence-corrected chi connectivity index (χ1v) is 4.08. The highest BCUT2D eigenvalue weighted by Crippen LogP contribution is 2.06. The van der Waals surface area contributed by atoms with E-state index in [2.05, 4.69) is 23.3 Å². The molecule has 12 heavy (non-hydrogen) atoms. The van der Waals surface area contributed by atoms with Crippen LogP contribution in [0.1, 0.15) is 31.2 Å². The molecule has 0 N–H and O–H groups in total. The fourth-order valence-electron chi connectivity index (χ4n) is 1.05. The van der Waals surface area contributed by atoms with Gasteiger partial charge in [0.15, 0.2) is 5.69 Å². The molecule has 0 saturated heterocycles. The Balaban J connectivity index is 2.79. The summed E-state index contributed by atoms with van der Waals surface area (Å²) in [5.74, 6) is 0. The van der Waals surface area contributed by atoms with Crippen molar-refractivity contribution in [2.45, 2.75) is 26.2 Å². The molecular formula is C8H12N4. The van der Waals surface area contributed by atoms with Crippen LogP contribution in [0.15, 0.2) is 0 Å². The number of rotatable bonds is 3. The van der Waals surface area contributed by atoms with E-state index >= 15 is 0 Å². The smallest absolute Gasteiger partial charge is 0.161 e. The summed E-state index contributed by atoms with van der Waals surface area (Å²) < 4.78 is 1.52. The van der Waals surface area contributed by atoms with Crippen LogP contribution in [-0.4, -0.2) is 15.0 Å². The van der Waals surface area contributed by atoms with Gasteiger partial charge < -0.3 is 0 Å². The number of nitriles is 1. The third-order valence-electron chi connectivity index (χ3n) is 1.77. The van der Waals surface area contributed by atoms with Gasteiger partial charge in [-0.25, -0.2) is 4.68 Å². The molecule has 0 aliphatic rings. The highest BCUT2D eigenvalue weighted by molar-refractivity contribution is 5.24. The second-order valence-electron chi connectivity index (χ2n) is 2.72. The Labute approximate surface area is 71.8 Å². The quantitative estimate of drug-likeness (QED) is 0.670. The third-order valence-corrected chi connectivity index (χ3v) is 1.77. The fourth-order valence-corrected chi connectivity index (χ4v) is 1.05. The van der Waals surface area contributed by atoms with Crippen molar-refractivity contribution in [1.29, 1.82) is 5.26 Å². The first-order chi connectivity index (χ1) is 5.79. The minimum absolute atomic E-state index is 0.587. The van der Waals surface area contributed by atoms with Gasteiger partial charge in [-0.3, -0.25) is 0 Å². The average molecular weight is 164 g/mol. The van der Waals surface area contributed by atoms with E-state index in [-0.39, 0.29) is 0 Å². The highest BCUT2D eigenvalue weighted by atomic mass is 15.4. The zero-order chi connectivity index (χ0) is 8.97. The van der Waals surface area contributed by atoms with Crippen LogP contribution >= 0.6 is 0 Å². The minimum atomic E-state index is 0.587. The Morgan fingerprint density at radius 2 is 2.33 bits per heavy atom. The van der Waals surface area contributed by atoms with Crippen LogP contribution in [0.2, 0.25) is 0 Å². The number of nitrogens with zero attached hydrogens (tertiary/aromatic N) is 4. The van der Waals surface area contributed by atoms with E-state index in [9.17, 15) is 0 Å². The van der Waals surface area contributed by atoms with E-state index in [1.165, 1.54) is 4.68 Å². The van der Waals surface area contributed by atoms with Gasteiger partial charge in [0.1, 0.15) is 11.8 Å². The third kappa shape index (κ3) is 1.62. The zero-order valence-corrected chi connectivity index (χ0v) is 7.41. The molecule has 0 aliphatic carbocycles. The number of aromatic nitrogens is 3. The van der Waals surface area contributed by atoms with Gasteiger partial charge in [0.25, 0.3) is 0 Å². The lowest BCUT2D eigenvalue weighted by Crippen LogP contribution is -1.95. The fraction of sp³-hybridized carbons (Fsp3) is 0.625. The largest absolute Gasteiger partial charge is 0.237 e. The summed E-state index contributed by atoms with van der Waals surface area (Å²) in [5, 5.41) is 16.4. The monoisotopic (exact) mass is 164 g/mol. The Kier molecular flexibility index (Phi) is 2.81. The Hall–Kier alpha value is -1.37. The van der Waals surface area contributed by atoms with Crippen molar-refractivity contribution < 1.29 is 0 Å². The van der Waals surface area contributed by atoms with Crippen molar-refractivity contribution in [3.05, 3.63) is 11.4 Å². The second kappa shape index (κ2) is 3.86. The molecule has 0 radical (unpaired) electrons. The molecule has 0 spiro atoms. The summed E-state index contributed by atoms with van der Waals surface area (Å²) in [6.07, 6.45) is 3.03. The van der Waals surface area contributed by atoms with E-state index in [0.717, 1.165) is 25.0 Å². The van der Waals surface area contributed by atoms with Crippen LogP contribution in [0.4, 0.5) is 0 Å². The van der Waals surface area contributed by atoms with Gasteiger partial charge >= 0.3 is 0 Å². The van der Waals surface area contributed by atoms with Crippen LogP contribution in [0.25, 0.3) is 0 Å². The molecule has 1 aromatic heterocycles. The molecule has 0 bridgehead atoms. The summed E-state index contributed by atoms with van der Waals surface area (Å²) in [5.41, 5.74) is 1.41. The maximum Gasteiger partial charge on any atom is 0.161 e. The molecule has 4 heteroatoms. The van der Waals surface area contributed by atoms with Gasteiger partial charge in [-0.1, -0.05) is 18.6 Å². The van der Waals surface area contributed by atoms with Gasteiger partial charge in [0.05, 0.1) is 0 Å².